The summed E-state index contributed by atoms with van der Waals surface area (Å²) in [5, 5.41) is 6.00. The average molecular weight is 293 g/mol. The fraction of sp³-hybridized carbons (Fsp3) is 0.133. The standard InChI is InChI=1S/C15H14ClFN2O/c1-10(11-5-7-13(17)8-6-11)18-15(20)19-14-4-2-3-12(16)9-14/h2-10H,1H3,(H2,18,19,20)/t10-/m0/s1. The van der Waals surface area contributed by atoms with Crippen molar-refractivity contribution in [3.05, 3.63) is 64.9 Å². The molecule has 0 aromatic heterocycles. The Labute approximate surface area is 121 Å². The average Bonchev–Trinajstić information content (AvgIpc) is 2.39. The van der Waals surface area contributed by atoms with Crippen LogP contribution in [0.25, 0.3) is 0 Å². The molecule has 0 saturated heterocycles. The Morgan fingerprint density at radius 2 is 1.90 bits per heavy atom. The lowest BCUT2D eigenvalue weighted by molar-refractivity contribution is 0.249. The molecule has 20 heavy (non-hydrogen) atoms. The van der Waals surface area contributed by atoms with Crippen molar-refractivity contribution >= 4 is 23.3 Å². The van der Waals surface area contributed by atoms with Crippen LogP contribution in [0.15, 0.2) is 48.5 Å². The summed E-state index contributed by atoms with van der Waals surface area (Å²) < 4.78 is 12.8. The minimum Gasteiger partial charge on any atom is -0.331 e. The second-order valence-electron chi connectivity index (χ2n) is 4.38. The van der Waals surface area contributed by atoms with Crippen LogP contribution in [-0.4, -0.2) is 6.03 Å². The highest BCUT2D eigenvalue weighted by Crippen LogP contribution is 2.16. The normalized spacial score (nSPS) is 11.8. The Bertz CT molecular complexity index is 601. The van der Waals surface area contributed by atoms with Crippen LogP contribution >= 0.6 is 11.6 Å². The minimum atomic E-state index is -0.343. The van der Waals surface area contributed by atoms with E-state index in [9.17, 15) is 9.18 Å². The first-order chi connectivity index (χ1) is 9.54. The molecule has 0 bridgehead atoms. The van der Waals surface area contributed by atoms with E-state index >= 15 is 0 Å². The Kier molecular flexibility index (Phi) is 4.58. The van der Waals surface area contributed by atoms with Crippen LogP contribution in [0.5, 0.6) is 0 Å². The van der Waals surface area contributed by atoms with Gasteiger partial charge in [-0.25, -0.2) is 9.18 Å². The molecule has 0 radical (unpaired) electrons. The maximum absolute atomic E-state index is 12.8. The van der Waals surface area contributed by atoms with Gasteiger partial charge in [0.1, 0.15) is 5.82 Å². The third kappa shape index (κ3) is 3.96. The number of nitrogens with one attached hydrogen (secondary N) is 2. The topological polar surface area (TPSA) is 41.1 Å². The number of hydrogen-bond acceptors (Lipinski definition) is 1. The van der Waals surface area contributed by atoms with Crippen LogP contribution in [0.1, 0.15) is 18.5 Å². The van der Waals surface area contributed by atoms with Crippen LogP contribution in [0.3, 0.4) is 0 Å². The van der Waals surface area contributed by atoms with Crippen LogP contribution in [0.4, 0.5) is 14.9 Å². The first-order valence-corrected chi connectivity index (χ1v) is 6.51. The Hall–Kier alpha value is -2.07. The van der Waals surface area contributed by atoms with Crippen LogP contribution in [-0.2, 0) is 0 Å². The minimum absolute atomic E-state index is 0.227. The summed E-state index contributed by atoms with van der Waals surface area (Å²) in [5.74, 6) is -0.302. The number of hydrogen-bond donors (Lipinski definition) is 2. The van der Waals surface area contributed by atoms with Gasteiger partial charge in [0, 0.05) is 10.7 Å². The molecule has 0 saturated carbocycles. The third-order valence-corrected chi connectivity index (χ3v) is 3.04. The molecule has 0 aliphatic rings. The molecule has 0 aliphatic carbocycles. The number of anilines is 1. The van der Waals surface area contributed by atoms with Gasteiger partial charge in [-0.3, -0.25) is 0 Å². The molecule has 2 rings (SSSR count). The number of rotatable bonds is 3. The van der Waals surface area contributed by atoms with Gasteiger partial charge in [-0.2, -0.15) is 0 Å². The molecule has 0 fully saturated rings. The lowest BCUT2D eigenvalue weighted by atomic mass is 10.1. The predicted octanol–water partition coefficient (Wildman–Crippen LogP) is 4.36. The second-order valence-corrected chi connectivity index (χ2v) is 4.82. The number of benzene rings is 2. The van der Waals surface area contributed by atoms with Gasteiger partial charge in [-0.05, 0) is 42.8 Å². The molecule has 2 N–H and O–H groups in total. The first-order valence-electron chi connectivity index (χ1n) is 6.13. The first kappa shape index (κ1) is 14.3. The third-order valence-electron chi connectivity index (χ3n) is 2.80. The zero-order valence-corrected chi connectivity index (χ0v) is 11.6. The zero-order chi connectivity index (χ0) is 14.5. The van der Waals surface area contributed by atoms with E-state index < -0.39 is 0 Å². The summed E-state index contributed by atoms with van der Waals surface area (Å²) in [5.41, 5.74) is 1.44. The Morgan fingerprint density at radius 3 is 2.55 bits per heavy atom. The monoisotopic (exact) mass is 292 g/mol. The molecule has 2 aromatic carbocycles. The van der Waals surface area contributed by atoms with Crippen molar-refractivity contribution in [2.75, 3.05) is 5.32 Å². The van der Waals surface area contributed by atoms with Crippen molar-refractivity contribution in [3.63, 3.8) is 0 Å². The fourth-order valence-electron chi connectivity index (χ4n) is 1.76. The van der Waals surface area contributed by atoms with Gasteiger partial charge in [0.15, 0.2) is 0 Å². The molecule has 2 aromatic rings. The van der Waals surface area contributed by atoms with Gasteiger partial charge in [-0.1, -0.05) is 29.8 Å². The molecule has 0 spiro atoms. The van der Waals surface area contributed by atoms with E-state index in [0.29, 0.717) is 10.7 Å². The number of halogens is 2. The lowest BCUT2D eigenvalue weighted by Crippen LogP contribution is -2.31. The number of amides is 2. The van der Waals surface area contributed by atoms with E-state index in [1.807, 2.05) is 6.92 Å². The Morgan fingerprint density at radius 1 is 1.20 bits per heavy atom. The number of carbonyl (C=O) groups is 1. The van der Waals surface area contributed by atoms with Gasteiger partial charge < -0.3 is 10.6 Å². The van der Waals surface area contributed by atoms with E-state index in [2.05, 4.69) is 10.6 Å². The fourth-order valence-corrected chi connectivity index (χ4v) is 1.96. The summed E-state index contributed by atoms with van der Waals surface area (Å²) >= 11 is 5.84. The number of carbonyl (C=O) groups excluding carboxylic acids is 1. The highest BCUT2D eigenvalue weighted by atomic mass is 35.5. The van der Waals surface area contributed by atoms with E-state index in [0.717, 1.165) is 5.56 Å². The van der Waals surface area contributed by atoms with E-state index in [1.165, 1.54) is 12.1 Å². The van der Waals surface area contributed by atoms with Crippen LogP contribution in [0, 0.1) is 5.82 Å². The molecular formula is C15H14ClFN2O. The molecule has 0 heterocycles. The summed E-state index contributed by atoms with van der Waals surface area (Å²) in [6.45, 7) is 1.82. The smallest absolute Gasteiger partial charge is 0.319 e. The van der Waals surface area contributed by atoms with Crippen molar-refractivity contribution in [2.45, 2.75) is 13.0 Å². The molecule has 104 valence electrons. The quantitative estimate of drug-likeness (QED) is 0.867. The summed E-state index contributed by atoms with van der Waals surface area (Å²) in [6.07, 6.45) is 0. The van der Waals surface area contributed by atoms with Crippen molar-refractivity contribution in [3.8, 4) is 0 Å². The summed E-state index contributed by atoms with van der Waals surface area (Å²) in [7, 11) is 0. The van der Waals surface area contributed by atoms with Gasteiger partial charge >= 0.3 is 6.03 Å². The molecule has 1 atom stereocenters. The maximum atomic E-state index is 12.8. The summed E-state index contributed by atoms with van der Waals surface area (Å²) in [4.78, 5) is 11.8. The SMILES string of the molecule is C[C@H](NC(=O)Nc1cccc(Cl)c1)c1ccc(F)cc1. The van der Waals surface area contributed by atoms with E-state index in [4.69, 9.17) is 11.6 Å². The molecule has 5 heteroatoms. The van der Waals surface area contributed by atoms with Crippen molar-refractivity contribution in [2.24, 2.45) is 0 Å². The number of urea groups is 1. The van der Waals surface area contributed by atoms with Crippen molar-refractivity contribution in [1.29, 1.82) is 0 Å². The largest absolute Gasteiger partial charge is 0.331 e. The van der Waals surface area contributed by atoms with Gasteiger partial charge in [0.25, 0.3) is 0 Å². The maximum Gasteiger partial charge on any atom is 0.319 e. The van der Waals surface area contributed by atoms with E-state index in [-0.39, 0.29) is 17.9 Å². The van der Waals surface area contributed by atoms with Gasteiger partial charge in [-0.15, -0.1) is 0 Å². The van der Waals surface area contributed by atoms with Gasteiger partial charge in [0.2, 0.25) is 0 Å². The Balaban J connectivity index is 1.95. The second kappa shape index (κ2) is 6.39. The van der Waals surface area contributed by atoms with Crippen molar-refractivity contribution in [1.82, 2.24) is 5.32 Å². The van der Waals surface area contributed by atoms with Crippen LogP contribution in [0.2, 0.25) is 5.02 Å². The summed E-state index contributed by atoms with van der Waals surface area (Å²) in [6, 6.07) is 12.3. The highest BCUT2D eigenvalue weighted by Gasteiger charge is 2.09. The molecule has 0 aliphatic heterocycles. The molecule has 2 amide bonds. The van der Waals surface area contributed by atoms with Crippen LogP contribution < -0.4 is 10.6 Å². The molecule has 3 nitrogen and oxygen atoms in total. The predicted molar refractivity (Wildman–Crippen MR) is 78.4 cm³/mol. The molecule has 0 unspecified atom stereocenters. The lowest BCUT2D eigenvalue weighted by Gasteiger charge is -2.15. The van der Waals surface area contributed by atoms with E-state index in [1.54, 1.807) is 36.4 Å². The van der Waals surface area contributed by atoms with Gasteiger partial charge in [0.05, 0.1) is 6.04 Å². The highest BCUT2D eigenvalue weighted by molar-refractivity contribution is 6.30. The molecular weight excluding hydrogens is 279 g/mol. The zero-order valence-electron chi connectivity index (χ0n) is 10.9. The van der Waals surface area contributed by atoms with Crippen molar-refractivity contribution < 1.29 is 9.18 Å².